The molecule has 80 valence electrons. The highest BCUT2D eigenvalue weighted by Gasteiger charge is 1.95. The van der Waals surface area contributed by atoms with Crippen LogP contribution in [0.15, 0.2) is 22.8 Å². The summed E-state index contributed by atoms with van der Waals surface area (Å²) in [5.41, 5.74) is 0. The van der Waals surface area contributed by atoms with Crippen molar-refractivity contribution in [3.05, 3.63) is 24.2 Å². The Hall–Kier alpha value is -0.840. The van der Waals surface area contributed by atoms with Crippen molar-refractivity contribution in [2.45, 2.75) is 19.6 Å². The molecule has 4 heteroatoms. The Balaban J connectivity index is 1.90. The second kappa shape index (κ2) is 6.59. The van der Waals surface area contributed by atoms with Gasteiger partial charge in [-0.05, 0) is 19.1 Å². The molecule has 0 aliphatic rings. The van der Waals surface area contributed by atoms with Crippen LogP contribution in [0, 0.1) is 0 Å². The number of aliphatic hydroxyl groups excluding tert-OH is 1. The minimum atomic E-state index is -0.278. The normalized spacial score (nSPS) is 13.0. The van der Waals surface area contributed by atoms with E-state index in [2.05, 4.69) is 10.6 Å². The summed E-state index contributed by atoms with van der Waals surface area (Å²) in [4.78, 5) is 0. The lowest BCUT2D eigenvalue weighted by Crippen LogP contribution is -2.31. The Kier molecular flexibility index (Phi) is 5.29. The summed E-state index contributed by atoms with van der Waals surface area (Å²) < 4.78 is 5.16. The monoisotopic (exact) mass is 198 g/mol. The van der Waals surface area contributed by atoms with Crippen LogP contribution in [0.3, 0.4) is 0 Å². The van der Waals surface area contributed by atoms with Crippen molar-refractivity contribution in [1.29, 1.82) is 0 Å². The summed E-state index contributed by atoms with van der Waals surface area (Å²) in [6.45, 7) is 4.88. The molecule has 0 aromatic carbocycles. The average Bonchev–Trinajstić information content (AvgIpc) is 2.63. The van der Waals surface area contributed by atoms with Gasteiger partial charge in [-0.25, -0.2) is 0 Å². The first-order valence-electron chi connectivity index (χ1n) is 4.91. The molecule has 0 spiro atoms. The van der Waals surface area contributed by atoms with Gasteiger partial charge in [-0.1, -0.05) is 0 Å². The van der Waals surface area contributed by atoms with Gasteiger partial charge in [-0.2, -0.15) is 0 Å². The fraction of sp³-hybridized carbons (Fsp3) is 0.600. The van der Waals surface area contributed by atoms with Crippen molar-refractivity contribution in [3.63, 3.8) is 0 Å². The molecule has 1 heterocycles. The van der Waals surface area contributed by atoms with Crippen molar-refractivity contribution >= 4 is 0 Å². The number of furan rings is 1. The third-order valence-corrected chi connectivity index (χ3v) is 1.80. The van der Waals surface area contributed by atoms with Gasteiger partial charge >= 0.3 is 0 Å². The maximum atomic E-state index is 8.96. The second-order valence-electron chi connectivity index (χ2n) is 3.31. The fourth-order valence-corrected chi connectivity index (χ4v) is 1.11. The van der Waals surface area contributed by atoms with Crippen molar-refractivity contribution in [2.24, 2.45) is 0 Å². The molecule has 0 aliphatic carbocycles. The first-order chi connectivity index (χ1) is 6.79. The molecule has 0 fully saturated rings. The molecule has 1 rings (SSSR count). The molecular formula is C10H18N2O2. The standard InChI is InChI=1S/C10H18N2O2/c1-9(13)7-11-4-5-12-8-10-3-2-6-14-10/h2-3,6,9,11-13H,4-5,7-8H2,1H3/t9-/m0/s1. The van der Waals surface area contributed by atoms with Crippen LogP contribution < -0.4 is 10.6 Å². The Morgan fingerprint density at radius 1 is 1.43 bits per heavy atom. The molecule has 0 amide bonds. The van der Waals surface area contributed by atoms with E-state index in [-0.39, 0.29) is 6.10 Å². The molecule has 1 aromatic heterocycles. The zero-order valence-electron chi connectivity index (χ0n) is 8.49. The van der Waals surface area contributed by atoms with Gasteiger partial charge < -0.3 is 20.2 Å². The maximum absolute atomic E-state index is 8.96. The number of hydrogen-bond donors (Lipinski definition) is 3. The van der Waals surface area contributed by atoms with Crippen LogP contribution in [0.2, 0.25) is 0 Å². The summed E-state index contributed by atoms with van der Waals surface area (Å²) in [5.74, 6) is 0.945. The quantitative estimate of drug-likeness (QED) is 0.553. The third kappa shape index (κ3) is 5.01. The minimum Gasteiger partial charge on any atom is -0.468 e. The highest BCUT2D eigenvalue weighted by atomic mass is 16.3. The van der Waals surface area contributed by atoms with Gasteiger partial charge in [-0.3, -0.25) is 0 Å². The summed E-state index contributed by atoms with van der Waals surface area (Å²) in [6, 6.07) is 3.82. The van der Waals surface area contributed by atoms with Crippen LogP contribution in [0.25, 0.3) is 0 Å². The van der Waals surface area contributed by atoms with Crippen molar-refractivity contribution in [1.82, 2.24) is 10.6 Å². The molecule has 14 heavy (non-hydrogen) atoms. The SMILES string of the molecule is C[C@H](O)CNCCNCc1ccco1. The Bertz CT molecular complexity index is 222. The van der Waals surface area contributed by atoms with Gasteiger partial charge in [0.15, 0.2) is 0 Å². The van der Waals surface area contributed by atoms with E-state index < -0.39 is 0 Å². The third-order valence-electron chi connectivity index (χ3n) is 1.80. The first-order valence-corrected chi connectivity index (χ1v) is 4.91. The summed E-state index contributed by atoms with van der Waals surface area (Å²) in [6.07, 6.45) is 1.39. The molecular weight excluding hydrogens is 180 g/mol. The van der Waals surface area contributed by atoms with Gasteiger partial charge in [0.1, 0.15) is 5.76 Å². The number of hydrogen-bond acceptors (Lipinski definition) is 4. The van der Waals surface area contributed by atoms with E-state index in [9.17, 15) is 0 Å². The van der Waals surface area contributed by atoms with E-state index in [0.29, 0.717) is 6.54 Å². The molecule has 0 aliphatic heterocycles. The Labute approximate surface area is 84.3 Å². The lowest BCUT2D eigenvalue weighted by atomic mass is 10.4. The first kappa shape index (κ1) is 11.2. The highest BCUT2D eigenvalue weighted by molar-refractivity contribution is 4.97. The van der Waals surface area contributed by atoms with E-state index in [1.165, 1.54) is 0 Å². The topological polar surface area (TPSA) is 57.4 Å². The van der Waals surface area contributed by atoms with Crippen molar-refractivity contribution in [2.75, 3.05) is 19.6 Å². The zero-order valence-corrected chi connectivity index (χ0v) is 8.49. The molecule has 0 saturated carbocycles. The Morgan fingerprint density at radius 3 is 2.86 bits per heavy atom. The highest BCUT2D eigenvalue weighted by Crippen LogP contribution is 1.97. The molecule has 0 unspecified atom stereocenters. The Morgan fingerprint density at radius 2 is 2.21 bits per heavy atom. The van der Waals surface area contributed by atoms with Crippen LogP contribution in [0.4, 0.5) is 0 Å². The maximum Gasteiger partial charge on any atom is 0.117 e. The smallest absolute Gasteiger partial charge is 0.117 e. The fourth-order valence-electron chi connectivity index (χ4n) is 1.11. The molecule has 0 saturated heterocycles. The van der Waals surface area contributed by atoms with Gasteiger partial charge in [0, 0.05) is 19.6 Å². The van der Waals surface area contributed by atoms with Crippen LogP contribution in [-0.4, -0.2) is 30.8 Å². The van der Waals surface area contributed by atoms with Gasteiger partial charge in [-0.15, -0.1) is 0 Å². The molecule has 1 aromatic rings. The van der Waals surface area contributed by atoms with Gasteiger partial charge in [0.25, 0.3) is 0 Å². The zero-order chi connectivity index (χ0) is 10.2. The molecule has 3 N–H and O–H groups in total. The minimum absolute atomic E-state index is 0.278. The molecule has 0 radical (unpaired) electrons. The predicted molar refractivity (Wildman–Crippen MR) is 55.0 cm³/mol. The summed E-state index contributed by atoms with van der Waals surface area (Å²) in [7, 11) is 0. The molecule has 4 nitrogen and oxygen atoms in total. The summed E-state index contributed by atoms with van der Waals surface area (Å²) >= 11 is 0. The van der Waals surface area contributed by atoms with E-state index in [1.54, 1.807) is 13.2 Å². The van der Waals surface area contributed by atoms with E-state index in [4.69, 9.17) is 9.52 Å². The number of nitrogens with one attached hydrogen (secondary N) is 2. The lowest BCUT2D eigenvalue weighted by Gasteiger charge is -2.06. The van der Waals surface area contributed by atoms with Crippen molar-refractivity contribution < 1.29 is 9.52 Å². The average molecular weight is 198 g/mol. The van der Waals surface area contributed by atoms with Crippen LogP contribution in [0.5, 0.6) is 0 Å². The van der Waals surface area contributed by atoms with Gasteiger partial charge in [0.05, 0.1) is 18.9 Å². The largest absolute Gasteiger partial charge is 0.468 e. The lowest BCUT2D eigenvalue weighted by molar-refractivity contribution is 0.191. The van der Waals surface area contributed by atoms with Crippen LogP contribution in [0.1, 0.15) is 12.7 Å². The van der Waals surface area contributed by atoms with E-state index in [0.717, 1.165) is 25.4 Å². The van der Waals surface area contributed by atoms with E-state index in [1.807, 2.05) is 12.1 Å². The number of rotatable bonds is 7. The van der Waals surface area contributed by atoms with Crippen LogP contribution in [-0.2, 0) is 6.54 Å². The predicted octanol–water partition coefficient (Wildman–Crippen LogP) is 0.340. The molecule has 1 atom stereocenters. The van der Waals surface area contributed by atoms with Crippen LogP contribution >= 0.6 is 0 Å². The van der Waals surface area contributed by atoms with Gasteiger partial charge in [0.2, 0.25) is 0 Å². The molecule has 0 bridgehead atoms. The summed E-state index contributed by atoms with van der Waals surface area (Å²) in [5, 5.41) is 15.3. The number of aliphatic hydroxyl groups is 1. The second-order valence-corrected chi connectivity index (χ2v) is 3.31. The van der Waals surface area contributed by atoms with Crippen molar-refractivity contribution in [3.8, 4) is 0 Å². The van der Waals surface area contributed by atoms with E-state index >= 15 is 0 Å².